The van der Waals surface area contributed by atoms with Crippen molar-refractivity contribution in [3.05, 3.63) is 0 Å². The smallest absolute Gasteiger partial charge is 0.164 e. The molecule has 0 saturated heterocycles. The summed E-state index contributed by atoms with van der Waals surface area (Å²) in [7, 11) is 1.94. The third-order valence-electron chi connectivity index (χ3n) is 1.44. The Balaban J connectivity index is 2.85. The van der Waals surface area contributed by atoms with Gasteiger partial charge >= 0.3 is 0 Å². The maximum Gasteiger partial charge on any atom is 0.164 e. The number of likely N-dealkylation sites (N-methyl/N-ethyl adjacent to an activating group) is 1. The largest absolute Gasteiger partial charge is 0.351 e. The molecule has 10 heavy (non-hydrogen) atoms. The summed E-state index contributed by atoms with van der Waals surface area (Å²) in [5.74, 6) is 0. The van der Waals surface area contributed by atoms with E-state index >= 15 is 0 Å². The summed E-state index contributed by atoms with van der Waals surface area (Å²) < 4.78 is 0.918. The molecule has 0 aromatic heterocycles. The van der Waals surface area contributed by atoms with Crippen LogP contribution >= 0.6 is 22.6 Å². The van der Waals surface area contributed by atoms with Crippen LogP contribution in [0.2, 0.25) is 0 Å². The Morgan fingerprint density at radius 2 is 2.50 bits per heavy atom. The number of aliphatic imine (C=N–C) groups is 1. The van der Waals surface area contributed by atoms with E-state index in [1.54, 1.807) is 0 Å². The van der Waals surface area contributed by atoms with Gasteiger partial charge in [0.05, 0.1) is 12.6 Å². The number of nitrogens with zero attached hydrogens (tertiary/aromatic N) is 3. The second-order valence-electron chi connectivity index (χ2n) is 2.62. The first-order valence-corrected chi connectivity index (χ1v) is 4.03. The highest BCUT2D eigenvalue weighted by atomic mass is 127. The number of halogens is 1. The molecule has 0 radical (unpaired) electrons. The van der Waals surface area contributed by atoms with Gasteiger partial charge in [0.2, 0.25) is 0 Å². The normalized spacial score (nSPS) is 31.8. The van der Waals surface area contributed by atoms with E-state index in [1.807, 2.05) is 18.9 Å². The molecule has 1 rings (SSSR count). The Hall–Kier alpha value is -0.310. The molecule has 0 N–H and O–H groups in total. The zero-order valence-corrected chi connectivity index (χ0v) is 8.08. The number of hydrogen-bond donors (Lipinski definition) is 0. The second-order valence-corrected chi connectivity index (χ2v) is 3.59. The Kier molecular flexibility index (Phi) is 1.86. The third kappa shape index (κ3) is 1.24. The average molecular weight is 249 g/mol. The van der Waals surface area contributed by atoms with Gasteiger partial charge in [0.1, 0.15) is 0 Å². The van der Waals surface area contributed by atoms with Crippen molar-refractivity contribution < 1.29 is 0 Å². The standard InChI is InChI=1S/C6H8IN3/c1-6(3-8)4-10(2)5(7)9-6/h4H2,1-2H3. The van der Waals surface area contributed by atoms with Gasteiger partial charge in [0.15, 0.2) is 9.38 Å². The molecule has 1 atom stereocenters. The molecule has 0 aliphatic carbocycles. The molecule has 0 amide bonds. The van der Waals surface area contributed by atoms with E-state index in [9.17, 15) is 0 Å². The van der Waals surface area contributed by atoms with E-state index in [1.165, 1.54) is 0 Å². The molecule has 0 saturated carbocycles. The van der Waals surface area contributed by atoms with E-state index in [-0.39, 0.29) is 0 Å². The van der Waals surface area contributed by atoms with Crippen LogP contribution < -0.4 is 0 Å². The summed E-state index contributed by atoms with van der Waals surface area (Å²) in [6, 6.07) is 2.17. The summed E-state index contributed by atoms with van der Waals surface area (Å²) >= 11 is 2.13. The zero-order chi connectivity index (χ0) is 7.78. The fraction of sp³-hybridized carbons (Fsp3) is 0.667. The van der Waals surface area contributed by atoms with E-state index in [0.717, 1.165) is 3.84 Å². The van der Waals surface area contributed by atoms with Crippen LogP contribution in [-0.2, 0) is 0 Å². The van der Waals surface area contributed by atoms with Gasteiger partial charge in [-0.25, -0.2) is 4.99 Å². The van der Waals surface area contributed by atoms with Crippen molar-refractivity contribution >= 4 is 26.4 Å². The topological polar surface area (TPSA) is 39.4 Å². The highest BCUT2D eigenvalue weighted by Gasteiger charge is 2.31. The van der Waals surface area contributed by atoms with Gasteiger partial charge in [0.25, 0.3) is 0 Å². The van der Waals surface area contributed by atoms with Crippen molar-refractivity contribution in [1.82, 2.24) is 4.90 Å². The minimum atomic E-state index is -0.509. The Bertz CT molecular complexity index is 218. The predicted octanol–water partition coefficient (Wildman–Crippen LogP) is 1.01. The molecule has 4 heteroatoms. The fourth-order valence-corrected chi connectivity index (χ4v) is 1.61. The van der Waals surface area contributed by atoms with Gasteiger partial charge in [0, 0.05) is 7.05 Å². The van der Waals surface area contributed by atoms with Crippen LogP contribution in [0.4, 0.5) is 0 Å². The fourth-order valence-electron chi connectivity index (χ4n) is 0.912. The SMILES string of the molecule is CN1CC(C)(C#N)N=C1I. The number of hydrogen-bond acceptors (Lipinski definition) is 3. The minimum absolute atomic E-state index is 0.509. The predicted molar refractivity (Wildman–Crippen MR) is 48.1 cm³/mol. The molecule has 1 heterocycles. The van der Waals surface area contributed by atoms with Crippen LogP contribution in [0.3, 0.4) is 0 Å². The van der Waals surface area contributed by atoms with Gasteiger partial charge in [-0.2, -0.15) is 5.26 Å². The lowest BCUT2D eigenvalue weighted by atomic mass is 10.1. The van der Waals surface area contributed by atoms with Crippen molar-refractivity contribution in [3.8, 4) is 6.07 Å². The first-order chi connectivity index (χ1) is 4.57. The Morgan fingerprint density at radius 1 is 1.90 bits per heavy atom. The quantitative estimate of drug-likeness (QED) is 0.474. The zero-order valence-electron chi connectivity index (χ0n) is 5.93. The van der Waals surface area contributed by atoms with Gasteiger partial charge < -0.3 is 4.90 Å². The molecule has 1 aliphatic heterocycles. The van der Waals surface area contributed by atoms with Crippen molar-refractivity contribution in [1.29, 1.82) is 5.26 Å². The molecule has 54 valence electrons. The maximum atomic E-state index is 8.67. The van der Waals surface area contributed by atoms with E-state index in [2.05, 4.69) is 33.7 Å². The van der Waals surface area contributed by atoms with Gasteiger partial charge in [-0.15, -0.1) is 0 Å². The van der Waals surface area contributed by atoms with Crippen LogP contribution in [0.5, 0.6) is 0 Å². The van der Waals surface area contributed by atoms with Gasteiger partial charge in [-0.05, 0) is 29.5 Å². The number of amidine groups is 1. The minimum Gasteiger partial charge on any atom is -0.351 e. The van der Waals surface area contributed by atoms with Crippen molar-refractivity contribution in [2.75, 3.05) is 13.6 Å². The van der Waals surface area contributed by atoms with Crippen LogP contribution in [0, 0.1) is 11.3 Å². The van der Waals surface area contributed by atoms with E-state index < -0.39 is 5.54 Å². The molecule has 0 fully saturated rings. The van der Waals surface area contributed by atoms with Crippen LogP contribution in [-0.4, -0.2) is 27.9 Å². The average Bonchev–Trinajstić information content (AvgIpc) is 2.10. The van der Waals surface area contributed by atoms with Crippen molar-refractivity contribution in [2.45, 2.75) is 12.5 Å². The highest BCUT2D eigenvalue weighted by molar-refractivity contribution is 14.1. The van der Waals surface area contributed by atoms with E-state index in [0.29, 0.717) is 6.54 Å². The lowest BCUT2D eigenvalue weighted by molar-refractivity contribution is 0.468. The summed E-state index contributed by atoms with van der Waals surface area (Å²) in [6.45, 7) is 2.55. The molecular weight excluding hydrogens is 241 g/mol. The first-order valence-electron chi connectivity index (χ1n) is 2.95. The van der Waals surface area contributed by atoms with Crippen LogP contribution in [0.25, 0.3) is 0 Å². The van der Waals surface area contributed by atoms with Crippen LogP contribution in [0.1, 0.15) is 6.92 Å². The van der Waals surface area contributed by atoms with E-state index in [4.69, 9.17) is 5.26 Å². The summed E-state index contributed by atoms with van der Waals surface area (Å²) in [6.07, 6.45) is 0. The molecule has 0 aromatic carbocycles. The highest BCUT2D eigenvalue weighted by Crippen LogP contribution is 2.20. The number of nitriles is 1. The summed E-state index contributed by atoms with van der Waals surface area (Å²) in [4.78, 5) is 6.16. The van der Waals surface area contributed by atoms with Crippen molar-refractivity contribution in [3.63, 3.8) is 0 Å². The summed E-state index contributed by atoms with van der Waals surface area (Å²) in [5, 5.41) is 8.67. The molecule has 0 aromatic rings. The Labute approximate surface area is 73.9 Å². The monoisotopic (exact) mass is 249 g/mol. The van der Waals surface area contributed by atoms with Crippen LogP contribution in [0.15, 0.2) is 4.99 Å². The lowest BCUT2D eigenvalue weighted by Crippen LogP contribution is -2.28. The Morgan fingerprint density at radius 3 is 2.70 bits per heavy atom. The summed E-state index contributed by atoms with van der Waals surface area (Å²) in [5.41, 5.74) is -0.509. The molecule has 3 nitrogen and oxygen atoms in total. The molecule has 0 bridgehead atoms. The van der Waals surface area contributed by atoms with Crippen molar-refractivity contribution in [2.24, 2.45) is 4.99 Å². The molecular formula is C6H8IN3. The number of rotatable bonds is 0. The van der Waals surface area contributed by atoms with Gasteiger partial charge in [-0.1, -0.05) is 0 Å². The maximum absolute atomic E-state index is 8.67. The lowest BCUT2D eigenvalue weighted by Gasteiger charge is -2.12. The molecule has 0 spiro atoms. The first kappa shape index (κ1) is 7.79. The third-order valence-corrected chi connectivity index (χ3v) is 2.50. The van der Waals surface area contributed by atoms with Gasteiger partial charge in [-0.3, -0.25) is 0 Å². The second kappa shape index (κ2) is 2.38. The molecule has 1 unspecified atom stereocenters. The molecule has 1 aliphatic rings.